The first-order valence-corrected chi connectivity index (χ1v) is 13.1. The van der Waals surface area contributed by atoms with Crippen LogP contribution in [0.1, 0.15) is 58.4 Å². The highest BCUT2D eigenvalue weighted by Crippen LogP contribution is 2.50. The highest BCUT2D eigenvalue weighted by atomic mass is 32.2. The average Bonchev–Trinajstić information content (AvgIpc) is 3.43. The van der Waals surface area contributed by atoms with Crippen LogP contribution in [-0.2, 0) is 20.0 Å². The van der Waals surface area contributed by atoms with Crippen LogP contribution in [0.5, 0.6) is 5.75 Å². The van der Waals surface area contributed by atoms with Crippen molar-refractivity contribution in [3.63, 3.8) is 0 Å². The van der Waals surface area contributed by atoms with Gasteiger partial charge < -0.3 is 14.7 Å². The molecule has 0 spiro atoms. The molecule has 2 aliphatic rings. The maximum Gasteiger partial charge on any atom is 0.324 e. The van der Waals surface area contributed by atoms with Gasteiger partial charge in [0.15, 0.2) is 21.4 Å². The maximum absolute atomic E-state index is 14.1. The van der Waals surface area contributed by atoms with Gasteiger partial charge in [0.2, 0.25) is 0 Å². The molecule has 1 aliphatic heterocycles. The van der Waals surface area contributed by atoms with Gasteiger partial charge in [-0.15, -0.1) is 0 Å². The van der Waals surface area contributed by atoms with Crippen LogP contribution < -0.4 is 10.1 Å². The minimum absolute atomic E-state index is 0.00334. The number of imide groups is 1. The summed E-state index contributed by atoms with van der Waals surface area (Å²) in [6.07, 6.45) is 3.13. The van der Waals surface area contributed by atoms with Crippen molar-refractivity contribution in [2.24, 2.45) is 0 Å². The Morgan fingerprint density at radius 2 is 1.94 bits per heavy atom. The number of unbranched alkanes of at least 4 members (excludes halogenated alkanes) is 2. The first-order chi connectivity index (χ1) is 15.3. The van der Waals surface area contributed by atoms with E-state index in [9.17, 15) is 27.5 Å². The summed E-state index contributed by atoms with van der Waals surface area (Å²) in [7, 11) is -3.33. The summed E-state index contributed by atoms with van der Waals surface area (Å²) in [5.74, 6) is -0.817. The van der Waals surface area contributed by atoms with Crippen molar-refractivity contribution in [1.29, 1.82) is 0 Å². The molecule has 1 aromatic rings. The van der Waals surface area contributed by atoms with E-state index in [0.717, 1.165) is 5.56 Å². The van der Waals surface area contributed by atoms with E-state index in [1.807, 2.05) is 0 Å². The Morgan fingerprint density at radius 1 is 1.24 bits per heavy atom. The summed E-state index contributed by atoms with van der Waals surface area (Å²) >= 11 is 0. The molecule has 0 unspecified atom stereocenters. The number of aliphatic hydroxyl groups is 1. The van der Waals surface area contributed by atoms with E-state index in [0.29, 0.717) is 38.6 Å². The normalized spacial score (nSPS) is 20.2. The molecule has 33 heavy (non-hydrogen) atoms. The third-order valence-electron chi connectivity index (χ3n) is 6.17. The number of carbonyl (C=O) groups is 2. The van der Waals surface area contributed by atoms with Gasteiger partial charge in [-0.2, -0.15) is 0 Å². The lowest BCUT2D eigenvalue weighted by Crippen LogP contribution is -2.33. The topological polar surface area (TPSA) is 113 Å². The van der Waals surface area contributed by atoms with E-state index >= 15 is 0 Å². The van der Waals surface area contributed by atoms with Crippen LogP contribution in [0.4, 0.5) is 9.18 Å². The molecule has 1 heterocycles. The van der Waals surface area contributed by atoms with E-state index in [-0.39, 0.29) is 29.8 Å². The molecular formula is C23H33FN2O6S. The smallest absolute Gasteiger partial charge is 0.324 e. The summed E-state index contributed by atoms with van der Waals surface area (Å²) < 4.78 is 45.1. The van der Waals surface area contributed by atoms with Crippen LogP contribution in [0.3, 0.4) is 0 Å². The van der Waals surface area contributed by atoms with E-state index < -0.39 is 38.7 Å². The van der Waals surface area contributed by atoms with E-state index in [2.05, 4.69) is 5.32 Å². The molecule has 184 valence electrons. The molecule has 1 saturated heterocycles. The number of rotatable bonds is 12. The third-order valence-corrected chi connectivity index (χ3v) is 8.07. The van der Waals surface area contributed by atoms with E-state index in [1.54, 1.807) is 32.9 Å². The number of amides is 3. The lowest BCUT2D eigenvalue weighted by molar-refractivity contribution is -0.121. The van der Waals surface area contributed by atoms with Gasteiger partial charge in [-0.3, -0.25) is 10.1 Å². The molecule has 1 atom stereocenters. The minimum Gasteiger partial charge on any atom is -0.488 e. The van der Waals surface area contributed by atoms with Gasteiger partial charge in [-0.25, -0.2) is 17.6 Å². The molecule has 0 bridgehead atoms. The van der Waals surface area contributed by atoms with Gasteiger partial charge in [0.25, 0.3) is 5.91 Å². The van der Waals surface area contributed by atoms with Crippen LogP contribution in [0.2, 0.25) is 0 Å². The molecule has 0 radical (unpaired) electrons. The summed E-state index contributed by atoms with van der Waals surface area (Å²) in [6, 6.07) is 3.54. The fourth-order valence-corrected chi connectivity index (χ4v) is 6.12. The number of sulfone groups is 1. The fraction of sp³-hybridized carbons (Fsp3) is 0.652. The lowest BCUT2D eigenvalue weighted by Gasteiger charge is -2.20. The molecule has 3 amide bonds. The van der Waals surface area contributed by atoms with Crippen molar-refractivity contribution < 1.29 is 32.2 Å². The molecular weight excluding hydrogens is 451 g/mol. The highest BCUT2D eigenvalue weighted by molar-refractivity contribution is 7.91. The average molecular weight is 485 g/mol. The van der Waals surface area contributed by atoms with Crippen LogP contribution in [0.25, 0.3) is 0 Å². The molecule has 2 fully saturated rings. The monoisotopic (exact) mass is 484 g/mol. The van der Waals surface area contributed by atoms with Crippen LogP contribution >= 0.6 is 0 Å². The molecule has 1 saturated carbocycles. The number of nitrogens with zero attached hydrogens (tertiary/aromatic N) is 1. The van der Waals surface area contributed by atoms with Crippen molar-refractivity contribution in [2.45, 2.75) is 69.9 Å². The maximum atomic E-state index is 14.1. The number of halogens is 1. The minimum atomic E-state index is -3.33. The zero-order chi connectivity index (χ0) is 24.4. The number of ether oxygens (including phenoxy) is 1. The summed E-state index contributed by atoms with van der Waals surface area (Å²) in [5, 5.41) is 12.1. The quantitative estimate of drug-likeness (QED) is 0.348. The largest absolute Gasteiger partial charge is 0.488 e. The molecule has 1 aromatic carbocycles. The Morgan fingerprint density at radius 3 is 2.52 bits per heavy atom. The number of benzene rings is 1. The number of hydrogen-bond acceptors (Lipinski definition) is 6. The second-order valence-electron chi connectivity index (χ2n) is 9.84. The van der Waals surface area contributed by atoms with Crippen LogP contribution in [-0.4, -0.2) is 66.7 Å². The first-order valence-electron chi connectivity index (χ1n) is 11.3. The van der Waals surface area contributed by atoms with Crippen molar-refractivity contribution in [3.05, 3.63) is 29.6 Å². The van der Waals surface area contributed by atoms with Crippen molar-refractivity contribution in [3.8, 4) is 5.75 Å². The number of hydrogen-bond donors (Lipinski definition) is 2. The Hall–Kier alpha value is -2.20. The second kappa shape index (κ2) is 9.58. The predicted octanol–water partition coefficient (Wildman–Crippen LogP) is 2.53. The summed E-state index contributed by atoms with van der Waals surface area (Å²) in [4.78, 5) is 24.7. The van der Waals surface area contributed by atoms with Crippen LogP contribution in [0, 0.1) is 5.82 Å². The van der Waals surface area contributed by atoms with Gasteiger partial charge >= 0.3 is 6.03 Å². The fourth-order valence-electron chi connectivity index (χ4n) is 4.03. The standard InChI is InChI=1S/C23H33FN2O6S/c1-16-20(27)25-21(28)26(16)11-5-4-6-12-33(30,31)15-23(9-10-23)17-7-8-18(24)19(13-17)32-14-22(2,3)29/h7-8,13,16,29H,4-6,9-12,14-15H2,1-3H3,(H,25,27,28)/t16-/m0/s1. The molecule has 8 nitrogen and oxygen atoms in total. The molecule has 1 aliphatic carbocycles. The van der Waals surface area contributed by atoms with E-state index in [1.165, 1.54) is 11.0 Å². The first kappa shape index (κ1) is 25.4. The van der Waals surface area contributed by atoms with Crippen molar-refractivity contribution in [1.82, 2.24) is 10.2 Å². The molecule has 10 heteroatoms. The van der Waals surface area contributed by atoms with Gasteiger partial charge in [0.05, 0.1) is 17.1 Å². The molecule has 0 aromatic heterocycles. The van der Waals surface area contributed by atoms with E-state index in [4.69, 9.17) is 4.74 Å². The Balaban J connectivity index is 1.51. The molecule has 3 rings (SSSR count). The number of urea groups is 1. The van der Waals surface area contributed by atoms with Crippen molar-refractivity contribution in [2.75, 3.05) is 24.7 Å². The number of carbonyl (C=O) groups excluding carboxylic acids is 2. The van der Waals surface area contributed by atoms with Gasteiger partial charge in [0.1, 0.15) is 12.6 Å². The SMILES string of the molecule is C[C@H]1C(=O)NC(=O)N1CCCCCS(=O)(=O)CC1(c2ccc(F)c(OCC(C)(C)O)c2)CC1. The molecule has 2 N–H and O–H groups in total. The third kappa shape index (κ3) is 6.66. The zero-order valence-corrected chi connectivity index (χ0v) is 20.2. The number of nitrogens with one attached hydrogen (secondary N) is 1. The van der Waals surface area contributed by atoms with Gasteiger partial charge in [-0.1, -0.05) is 12.5 Å². The summed E-state index contributed by atoms with van der Waals surface area (Å²) in [6.45, 7) is 5.11. The Labute approximate surface area is 194 Å². The van der Waals surface area contributed by atoms with Gasteiger partial charge in [0, 0.05) is 12.0 Å². The lowest BCUT2D eigenvalue weighted by atomic mass is 9.98. The summed E-state index contributed by atoms with van der Waals surface area (Å²) in [5.41, 5.74) is -0.908. The zero-order valence-electron chi connectivity index (χ0n) is 19.4. The van der Waals surface area contributed by atoms with Gasteiger partial charge in [-0.05, 0) is 64.2 Å². The second-order valence-corrected chi connectivity index (χ2v) is 12.0. The Kier molecular flexibility index (Phi) is 7.38. The Bertz CT molecular complexity index is 1000. The predicted molar refractivity (Wildman–Crippen MR) is 121 cm³/mol. The van der Waals surface area contributed by atoms with Crippen LogP contribution in [0.15, 0.2) is 18.2 Å². The van der Waals surface area contributed by atoms with Crippen molar-refractivity contribution >= 4 is 21.8 Å². The highest BCUT2D eigenvalue weighted by Gasteiger charge is 2.47.